The Hall–Kier alpha value is 1.56. The molecule has 0 atom stereocenters. The Morgan fingerprint density at radius 2 is 1.00 bits per heavy atom. The van der Waals surface area contributed by atoms with Crippen LogP contribution in [0.5, 0.6) is 0 Å². The predicted molar refractivity (Wildman–Crippen MR) is 11.7 cm³/mol. The first kappa shape index (κ1) is 36.1. The Balaban J connectivity index is -0.0000000320. The first-order chi connectivity index (χ1) is 3.71. The summed E-state index contributed by atoms with van der Waals surface area (Å²) in [5, 5.41) is 0. The maximum absolute atomic E-state index is 9.38. The van der Waals surface area contributed by atoms with Gasteiger partial charge in [0.15, 0.2) is 0 Å². The summed E-state index contributed by atoms with van der Waals surface area (Å²) in [6.07, 6.45) is 0. The first-order valence-electron chi connectivity index (χ1n) is 1.33. The summed E-state index contributed by atoms with van der Waals surface area (Å²) >= 11 is -12.1. The molecule has 0 unspecified atom stereocenters. The van der Waals surface area contributed by atoms with Gasteiger partial charge in [-0.15, -0.1) is 0 Å². The van der Waals surface area contributed by atoms with Crippen molar-refractivity contribution < 1.29 is 117 Å². The zero-order valence-corrected chi connectivity index (χ0v) is 12.3. The van der Waals surface area contributed by atoms with Gasteiger partial charge in [0.2, 0.25) is 0 Å². The molecule has 0 bridgehead atoms. The standard InChI is InChI=1S/3Cr.Na.2H2O.8O/h;;;;2*1H2;;;;;;;;/q;;+3;+1;;;;;;;;-2;2*-1. The fraction of sp³-hybridized carbons (Fsp3) is 0. The zero-order chi connectivity index (χ0) is 7.71. The number of rotatable bonds is 2. The first-order valence-corrected chi connectivity index (χ1v) is 5.50. The van der Waals surface area contributed by atoms with E-state index in [0.29, 0.717) is 0 Å². The summed E-state index contributed by atoms with van der Waals surface area (Å²) in [5.74, 6) is 0. The molecule has 0 heterocycles. The van der Waals surface area contributed by atoms with Crippen LogP contribution in [-0.4, -0.2) is 11.0 Å². The van der Waals surface area contributed by atoms with Crippen LogP contribution < -0.4 is 37.9 Å². The molecule has 0 fully saturated rings. The van der Waals surface area contributed by atoms with Gasteiger partial charge in [-0.05, 0) is 0 Å². The predicted octanol–water partition coefficient (Wildman–Crippen LogP) is -7.69. The van der Waals surface area contributed by atoms with Gasteiger partial charge in [0, 0.05) is 0 Å². The quantitative estimate of drug-likeness (QED) is 0.440. The van der Waals surface area contributed by atoms with E-state index in [9.17, 15) is 23.5 Å². The normalized spacial score (nSPS) is 8.71. The fourth-order valence-electron chi connectivity index (χ4n) is 0.102. The fourth-order valence-corrected chi connectivity index (χ4v) is 1.74. The average molecular weight is 343 g/mol. The summed E-state index contributed by atoms with van der Waals surface area (Å²) in [7, 11) is 0. The third-order valence-electron chi connectivity index (χ3n) is 0.167. The molecule has 0 aliphatic rings. The molecule has 14 heteroatoms. The third-order valence-corrected chi connectivity index (χ3v) is 2.83. The van der Waals surface area contributed by atoms with Crippen molar-refractivity contribution in [3.05, 3.63) is 0 Å². The maximum atomic E-state index is 9.38. The molecule has 0 spiro atoms. The second kappa shape index (κ2) is 12.6. The van der Waals surface area contributed by atoms with Gasteiger partial charge in [0.1, 0.15) is 0 Å². The Morgan fingerprint density at radius 3 is 1.00 bits per heavy atom. The van der Waals surface area contributed by atoms with Crippen LogP contribution in [0.25, 0.3) is 0 Å². The molecule has 0 aromatic carbocycles. The van der Waals surface area contributed by atoms with Crippen molar-refractivity contribution in [3.8, 4) is 0 Å². The molecule has 1 radical (unpaired) electrons. The van der Waals surface area contributed by atoms with Crippen LogP contribution in [0.1, 0.15) is 0 Å². The summed E-state index contributed by atoms with van der Waals surface area (Å²) in [4.78, 5) is 0. The zero-order valence-electron chi connectivity index (χ0n) is 6.49. The van der Waals surface area contributed by atoms with Crippen LogP contribution in [0.4, 0.5) is 0 Å². The number of hydrogen-bond acceptors (Lipinski definition) is 7. The van der Waals surface area contributed by atoms with Crippen LogP contribution in [0, 0.1) is 0 Å². The number of hydrogen-bond donors (Lipinski definition) is 0. The molecule has 0 saturated heterocycles. The van der Waals surface area contributed by atoms with Crippen molar-refractivity contribution in [2.75, 3.05) is 0 Å². The van der Waals surface area contributed by atoms with Crippen LogP contribution in [-0.2, 0) is 68.1 Å². The Morgan fingerprint density at radius 1 is 0.857 bits per heavy atom. The molecule has 0 aromatic rings. The molecule has 0 aromatic heterocycles. The van der Waals surface area contributed by atoms with Crippen LogP contribution in [0.3, 0.4) is 0 Å². The van der Waals surface area contributed by atoms with Crippen LogP contribution in [0.2, 0.25) is 0 Å². The summed E-state index contributed by atoms with van der Waals surface area (Å²) in [5.41, 5.74) is 0. The second-order valence-corrected chi connectivity index (χ2v) is 4.52. The molecular weight excluding hydrogens is 339 g/mol. The summed E-state index contributed by atoms with van der Waals surface area (Å²) in [6.45, 7) is 0. The van der Waals surface area contributed by atoms with E-state index in [0.717, 1.165) is 0 Å². The third kappa shape index (κ3) is 37.4. The van der Waals surface area contributed by atoms with Crippen LogP contribution in [0.15, 0.2) is 0 Å². The van der Waals surface area contributed by atoms with E-state index in [-0.39, 0.29) is 63.3 Å². The van der Waals surface area contributed by atoms with Crippen LogP contribution >= 0.6 is 0 Å². The van der Waals surface area contributed by atoms with E-state index in [4.69, 9.17) is 0 Å². The van der Waals surface area contributed by atoms with E-state index < -0.39 is 27.2 Å². The van der Waals surface area contributed by atoms with E-state index in [2.05, 4.69) is 2.84 Å². The SMILES string of the molecule is O.O.[Cr+3].[Na+].[O-2].[O]=[Cr](=[O])([O-])[O][Cr](=[O])(=[O])[O-]. The Bertz CT molecular complexity index is 240. The van der Waals surface area contributed by atoms with Crippen molar-refractivity contribution in [2.24, 2.45) is 0 Å². The van der Waals surface area contributed by atoms with Crippen molar-refractivity contribution in [3.63, 3.8) is 0 Å². The van der Waals surface area contributed by atoms with Gasteiger partial charge in [-0.1, -0.05) is 0 Å². The van der Waals surface area contributed by atoms with Gasteiger partial charge in [-0.25, -0.2) is 0 Å². The van der Waals surface area contributed by atoms with E-state index in [1.54, 1.807) is 0 Å². The van der Waals surface area contributed by atoms with Gasteiger partial charge in [0.25, 0.3) is 0 Å². The monoisotopic (exact) mass is 343 g/mol. The van der Waals surface area contributed by atoms with Gasteiger partial charge in [-0.3, -0.25) is 0 Å². The van der Waals surface area contributed by atoms with Crippen molar-refractivity contribution >= 4 is 0 Å². The molecule has 4 N–H and O–H groups in total. The molecule has 0 aliphatic carbocycles. The van der Waals surface area contributed by atoms with E-state index in [1.165, 1.54) is 0 Å². The van der Waals surface area contributed by atoms with Crippen molar-refractivity contribution in [2.45, 2.75) is 0 Å². The Kier molecular flexibility index (Phi) is 32.6. The Labute approximate surface area is 116 Å². The summed E-state index contributed by atoms with van der Waals surface area (Å²) < 4.78 is 58.9. The van der Waals surface area contributed by atoms with Gasteiger partial charge in [0.05, 0.1) is 0 Å². The van der Waals surface area contributed by atoms with Gasteiger partial charge < -0.3 is 16.4 Å². The molecule has 10 nitrogen and oxygen atoms in total. The molecule has 83 valence electrons. The minimum absolute atomic E-state index is 0. The topological polar surface area (TPSA) is 215 Å². The molecule has 14 heavy (non-hydrogen) atoms. The molecule has 0 aliphatic heterocycles. The minimum atomic E-state index is -6.07. The van der Waals surface area contributed by atoms with Gasteiger partial charge >= 0.3 is 101 Å². The molecular formula is H4Cr3NaO10. The molecule has 0 rings (SSSR count). The molecule has 0 amide bonds. The van der Waals surface area contributed by atoms with Crippen molar-refractivity contribution in [1.82, 2.24) is 0 Å². The average Bonchev–Trinajstić information content (AvgIpc) is 1.14. The van der Waals surface area contributed by atoms with Crippen molar-refractivity contribution in [1.29, 1.82) is 0 Å². The summed E-state index contributed by atoms with van der Waals surface area (Å²) in [6, 6.07) is 0. The van der Waals surface area contributed by atoms with E-state index >= 15 is 0 Å². The second-order valence-electron chi connectivity index (χ2n) is 0.885. The van der Waals surface area contributed by atoms with Gasteiger partial charge in [-0.2, -0.15) is 0 Å². The van der Waals surface area contributed by atoms with E-state index in [1.807, 2.05) is 0 Å². The molecule has 0 saturated carbocycles.